The summed E-state index contributed by atoms with van der Waals surface area (Å²) in [5, 5.41) is 0. The molecule has 0 aliphatic carbocycles. The van der Waals surface area contributed by atoms with Crippen LogP contribution in [0.3, 0.4) is 0 Å². The minimum atomic E-state index is -1.64. The van der Waals surface area contributed by atoms with Crippen molar-refractivity contribution in [2.45, 2.75) is 19.3 Å². The Morgan fingerprint density at radius 3 is 2.60 bits per heavy atom. The molecule has 1 atom stereocenters. The van der Waals surface area contributed by atoms with Crippen molar-refractivity contribution < 1.29 is 8.76 Å². The third kappa shape index (κ3) is 6.20. The minimum Gasteiger partial charge on any atom is -0.306 e. The maximum atomic E-state index is 10.3. The van der Waals surface area contributed by atoms with E-state index in [1.165, 1.54) is 5.56 Å². The van der Waals surface area contributed by atoms with Crippen LogP contribution in [0.4, 0.5) is 0 Å². The van der Waals surface area contributed by atoms with Gasteiger partial charge >= 0.3 is 0 Å². The van der Waals surface area contributed by atoms with E-state index in [1.807, 2.05) is 18.2 Å². The number of rotatable bonds is 6. The highest BCUT2D eigenvalue weighted by Crippen LogP contribution is 2.01. The maximum Gasteiger partial charge on any atom is 0.152 e. The van der Waals surface area contributed by atoms with E-state index in [9.17, 15) is 4.21 Å². The standard InChI is InChI=1S/C12H16O2S/c13-15(14)11-7-2-1-4-8-12-9-5-3-6-10-12/h1,3-6,9-10H,2,7-8,11H2,(H,13,14). The monoisotopic (exact) mass is 224 g/mol. The third-order valence-electron chi connectivity index (χ3n) is 2.05. The van der Waals surface area contributed by atoms with Crippen molar-refractivity contribution in [3.63, 3.8) is 0 Å². The summed E-state index contributed by atoms with van der Waals surface area (Å²) in [6.07, 6.45) is 6.76. The lowest BCUT2D eigenvalue weighted by Gasteiger charge is -1.94. The molecule has 0 amide bonds. The predicted octanol–water partition coefficient (Wildman–Crippen LogP) is 2.79. The number of hydrogen-bond donors (Lipinski definition) is 1. The molecule has 0 saturated carbocycles. The lowest BCUT2D eigenvalue weighted by atomic mass is 10.1. The van der Waals surface area contributed by atoms with Gasteiger partial charge in [-0.3, -0.25) is 0 Å². The Bertz CT molecular complexity index is 320. The Morgan fingerprint density at radius 2 is 1.93 bits per heavy atom. The normalized spacial score (nSPS) is 13.1. The molecule has 15 heavy (non-hydrogen) atoms. The molecule has 0 aromatic heterocycles. The Balaban J connectivity index is 2.15. The van der Waals surface area contributed by atoms with Gasteiger partial charge in [-0.2, -0.15) is 0 Å². The first-order chi connectivity index (χ1) is 7.29. The lowest BCUT2D eigenvalue weighted by Crippen LogP contribution is -1.93. The van der Waals surface area contributed by atoms with Gasteiger partial charge in [-0.05, 0) is 24.8 Å². The van der Waals surface area contributed by atoms with Crippen LogP contribution < -0.4 is 0 Å². The van der Waals surface area contributed by atoms with Gasteiger partial charge in [-0.15, -0.1) is 0 Å². The van der Waals surface area contributed by atoms with Crippen LogP contribution in [0.25, 0.3) is 0 Å². The van der Waals surface area contributed by atoms with Crippen LogP contribution in [-0.4, -0.2) is 14.5 Å². The molecule has 0 saturated heterocycles. The largest absolute Gasteiger partial charge is 0.306 e. The van der Waals surface area contributed by atoms with E-state index in [2.05, 4.69) is 24.3 Å². The zero-order valence-electron chi connectivity index (χ0n) is 8.63. The molecule has 1 aromatic rings. The van der Waals surface area contributed by atoms with E-state index in [0.717, 1.165) is 19.3 Å². The van der Waals surface area contributed by atoms with Gasteiger partial charge in [-0.25, -0.2) is 4.21 Å². The van der Waals surface area contributed by atoms with Crippen LogP contribution >= 0.6 is 0 Å². The highest BCUT2D eigenvalue weighted by atomic mass is 32.2. The molecule has 0 heterocycles. The summed E-state index contributed by atoms with van der Waals surface area (Å²) in [7, 11) is 0. The highest BCUT2D eigenvalue weighted by Gasteiger charge is 1.90. The molecular formula is C12H16O2S. The molecule has 82 valence electrons. The topological polar surface area (TPSA) is 37.3 Å². The lowest BCUT2D eigenvalue weighted by molar-refractivity contribution is 0.562. The summed E-state index contributed by atoms with van der Waals surface area (Å²) in [4.78, 5) is 0. The maximum absolute atomic E-state index is 10.3. The van der Waals surface area contributed by atoms with Gasteiger partial charge in [0.25, 0.3) is 0 Å². The van der Waals surface area contributed by atoms with Gasteiger partial charge in [0.05, 0.1) is 0 Å². The highest BCUT2D eigenvalue weighted by molar-refractivity contribution is 7.79. The summed E-state index contributed by atoms with van der Waals surface area (Å²) in [5.41, 5.74) is 1.29. The fourth-order valence-electron chi connectivity index (χ4n) is 1.28. The van der Waals surface area contributed by atoms with Gasteiger partial charge in [0, 0.05) is 5.75 Å². The molecule has 0 radical (unpaired) electrons. The van der Waals surface area contributed by atoms with E-state index in [0.29, 0.717) is 5.75 Å². The summed E-state index contributed by atoms with van der Waals surface area (Å²) in [6, 6.07) is 10.2. The van der Waals surface area contributed by atoms with Crippen molar-refractivity contribution in [1.82, 2.24) is 0 Å². The van der Waals surface area contributed by atoms with Gasteiger partial charge in [0.2, 0.25) is 0 Å². The fourth-order valence-corrected chi connectivity index (χ4v) is 1.69. The molecule has 1 unspecified atom stereocenters. The van der Waals surface area contributed by atoms with Crippen molar-refractivity contribution >= 4 is 11.1 Å². The van der Waals surface area contributed by atoms with Crippen molar-refractivity contribution in [2.24, 2.45) is 0 Å². The van der Waals surface area contributed by atoms with Crippen LogP contribution in [0, 0.1) is 0 Å². The number of hydrogen-bond acceptors (Lipinski definition) is 1. The minimum absolute atomic E-state index is 0.371. The summed E-state index contributed by atoms with van der Waals surface area (Å²) in [5.74, 6) is 0.371. The van der Waals surface area contributed by atoms with Crippen LogP contribution in [0.2, 0.25) is 0 Å². The first-order valence-corrected chi connectivity index (χ1v) is 6.33. The van der Waals surface area contributed by atoms with Crippen LogP contribution in [0.5, 0.6) is 0 Å². The second-order valence-corrected chi connectivity index (χ2v) is 4.38. The Morgan fingerprint density at radius 1 is 1.20 bits per heavy atom. The van der Waals surface area contributed by atoms with E-state index in [-0.39, 0.29) is 0 Å². The first kappa shape index (κ1) is 12.1. The Hall–Kier alpha value is -0.930. The summed E-state index contributed by atoms with van der Waals surface area (Å²) >= 11 is -1.64. The average Bonchev–Trinajstić information content (AvgIpc) is 2.24. The van der Waals surface area contributed by atoms with E-state index >= 15 is 0 Å². The number of allylic oxidation sites excluding steroid dienone is 2. The van der Waals surface area contributed by atoms with Gasteiger partial charge in [0.15, 0.2) is 11.1 Å². The molecule has 2 nitrogen and oxygen atoms in total. The first-order valence-electron chi connectivity index (χ1n) is 5.05. The van der Waals surface area contributed by atoms with Crippen molar-refractivity contribution in [1.29, 1.82) is 0 Å². The molecule has 3 heteroatoms. The quantitative estimate of drug-likeness (QED) is 0.458. The van der Waals surface area contributed by atoms with Crippen molar-refractivity contribution in [3.05, 3.63) is 48.0 Å². The summed E-state index contributed by atoms with van der Waals surface area (Å²) in [6.45, 7) is 0. The molecule has 1 aromatic carbocycles. The predicted molar refractivity (Wildman–Crippen MR) is 64.2 cm³/mol. The second kappa shape index (κ2) is 7.37. The van der Waals surface area contributed by atoms with E-state index in [4.69, 9.17) is 4.55 Å². The molecule has 0 fully saturated rings. The molecule has 0 aliphatic heterocycles. The molecule has 1 rings (SSSR count). The summed E-state index contributed by atoms with van der Waals surface area (Å²) < 4.78 is 18.9. The van der Waals surface area contributed by atoms with Crippen LogP contribution in [0.15, 0.2) is 42.5 Å². The van der Waals surface area contributed by atoms with Crippen LogP contribution in [-0.2, 0) is 17.5 Å². The molecule has 0 spiro atoms. The Labute approximate surface area is 93.3 Å². The van der Waals surface area contributed by atoms with Crippen LogP contribution in [0.1, 0.15) is 18.4 Å². The molecule has 0 bridgehead atoms. The molecular weight excluding hydrogens is 208 g/mol. The smallest absolute Gasteiger partial charge is 0.152 e. The number of unbranched alkanes of at least 4 members (excludes halogenated alkanes) is 1. The van der Waals surface area contributed by atoms with Gasteiger partial charge < -0.3 is 4.55 Å². The zero-order chi connectivity index (χ0) is 10.9. The van der Waals surface area contributed by atoms with Gasteiger partial charge in [-0.1, -0.05) is 42.5 Å². The van der Waals surface area contributed by atoms with Crippen molar-refractivity contribution in [2.75, 3.05) is 5.75 Å². The average molecular weight is 224 g/mol. The number of benzene rings is 1. The third-order valence-corrected chi connectivity index (χ3v) is 2.69. The SMILES string of the molecule is O=S(O)CCCC=CCc1ccccc1. The molecule has 0 aliphatic rings. The van der Waals surface area contributed by atoms with Gasteiger partial charge in [0.1, 0.15) is 0 Å². The fraction of sp³-hybridized carbons (Fsp3) is 0.333. The second-order valence-electron chi connectivity index (χ2n) is 3.33. The Kier molecular flexibility index (Phi) is 5.97. The van der Waals surface area contributed by atoms with Crippen molar-refractivity contribution in [3.8, 4) is 0 Å². The zero-order valence-corrected chi connectivity index (χ0v) is 9.45. The van der Waals surface area contributed by atoms with E-state index in [1.54, 1.807) is 0 Å². The van der Waals surface area contributed by atoms with E-state index < -0.39 is 11.1 Å². The molecule has 1 N–H and O–H groups in total.